The number of benzene rings is 1. The molecule has 1 saturated heterocycles. The van der Waals surface area contributed by atoms with Gasteiger partial charge in [0.15, 0.2) is 0 Å². The molecule has 0 radical (unpaired) electrons. The van der Waals surface area contributed by atoms with Crippen LogP contribution < -0.4 is 10.1 Å². The van der Waals surface area contributed by atoms with Gasteiger partial charge in [-0.3, -0.25) is 4.79 Å². The fourth-order valence-electron chi connectivity index (χ4n) is 3.89. The summed E-state index contributed by atoms with van der Waals surface area (Å²) in [6.07, 6.45) is 10.1. The molecule has 6 nitrogen and oxygen atoms in total. The van der Waals surface area contributed by atoms with Gasteiger partial charge in [0.2, 0.25) is 0 Å². The Morgan fingerprint density at radius 3 is 2.67 bits per heavy atom. The molecular weight excluding hydrogens is 342 g/mol. The minimum atomic E-state index is -0.127. The van der Waals surface area contributed by atoms with Gasteiger partial charge in [0.25, 0.3) is 5.91 Å². The fourth-order valence-corrected chi connectivity index (χ4v) is 3.89. The molecule has 1 amide bonds. The number of amides is 1. The van der Waals surface area contributed by atoms with Crippen molar-refractivity contribution in [1.29, 1.82) is 0 Å². The van der Waals surface area contributed by atoms with Gasteiger partial charge in [-0.05, 0) is 49.9 Å². The Hall–Kier alpha value is -2.34. The maximum atomic E-state index is 12.6. The van der Waals surface area contributed by atoms with Gasteiger partial charge in [-0.25, -0.2) is 4.68 Å². The van der Waals surface area contributed by atoms with E-state index in [2.05, 4.69) is 10.4 Å². The number of aromatic nitrogens is 2. The van der Waals surface area contributed by atoms with Crippen molar-refractivity contribution in [3.8, 4) is 5.75 Å². The number of ether oxygens (including phenoxy) is 2. The lowest BCUT2D eigenvalue weighted by Crippen LogP contribution is -2.20. The third-order valence-corrected chi connectivity index (χ3v) is 5.41. The number of nitrogens with zero attached hydrogens (tertiary/aromatic N) is 2. The lowest BCUT2D eigenvalue weighted by atomic mass is 9.96. The van der Waals surface area contributed by atoms with Gasteiger partial charge >= 0.3 is 0 Å². The van der Waals surface area contributed by atoms with Crippen molar-refractivity contribution >= 4 is 11.7 Å². The summed E-state index contributed by atoms with van der Waals surface area (Å²) < 4.78 is 13.3. The van der Waals surface area contributed by atoms with Crippen LogP contribution in [0, 0.1) is 0 Å². The lowest BCUT2D eigenvalue weighted by molar-refractivity contribution is 0.0679. The molecule has 2 aromatic rings. The van der Waals surface area contributed by atoms with Crippen LogP contribution >= 0.6 is 0 Å². The van der Waals surface area contributed by atoms with Crippen molar-refractivity contribution < 1.29 is 14.3 Å². The Labute approximate surface area is 159 Å². The van der Waals surface area contributed by atoms with Crippen molar-refractivity contribution in [2.75, 3.05) is 18.5 Å². The molecule has 4 rings (SSSR count). The first kappa shape index (κ1) is 18.0. The number of anilines is 1. The van der Waals surface area contributed by atoms with Crippen LogP contribution in [-0.4, -0.2) is 35.0 Å². The number of rotatable bonds is 6. The summed E-state index contributed by atoms with van der Waals surface area (Å²) in [6, 6.07) is 9.51. The van der Waals surface area contributed by atoms with Gasteiger partial charge in [-0.1, -0.05) is 19.3 Å². The molecule has 1 unspecified atom stereocenters. The molecule has 0 bridgehead atoms. The standard InChI is InChI=1S/C21H27N3O3/c25-21(23-20-12-13-22-24(20)17-5-2-1-3-6-17)16-8-10-18(11-9-16)27-15-19-7-4-14-26-19/h8-13,17,19H,1-7,14-15H2,(H,23,25). The van der Waals surface area contributed by atoms with Gasteiger partial charge in [-0.2, -0.15) is 5.10 Å². The number of carbonyl (C=O) groups excluding carboxylic acids is 1. The summed E-state index contributed by atoms with van der Waals surface area (Å²) in [6.45, 7) is 1.39. The van der Waals surface area contributed by atoms with Gasteiger partial charge < -0.3 is 14.8 Å². The van der Waals surface area contributed by atoms with Crippen LogP contribution in [0.2, 0.25) is 0 Å². The third kappa shape index (κ3) is 4.50. The van der Waals surface area contributed by atoms with Gasteiger partial charge in [-0.15, -0.1) is 0 Å². The van der Waals surface area contributed by atoms with Crippen LogP contribution in [0.25, 0.3) is 0 Å². The zero-order chi connectivity index (χ0) is 18.5. The van der Waals surface area contributed by atoms with E-state index in [1.54, 1.807) is 18.3 Å². The smallest absolute Gasteiger partial charge is 0.256 e. The first-order valence-electron chi connectivity index (χ1n) is 9.99. The molecule has 1 aliphatic heterocycles. The summed E-state index contributed by atoms with van der Waals surface area (Å²) in [5, 5.41) is 7.43. The van der Waals surface area contributed by atoms with Crippen molar-refractivity contribution in [3.05, 3.63) is 42.1 Å². The highest BCUT2D eigenvalue weighted by molar-refractivity contribution is 6.03. The van der Waals surface area contributed by atoms with E-state index in [-0.39, 0.29) is 12.0 Å². The molecule has 1 aliphatic carbocycles. The molecule has 1 aromatic carbocycles. The summed E-state index contributed by atoms with van der Waals surface area (Å²) in [5.74, 6) is 1.40. The highest BCUT2D eigenvalue weighted by Gasteiger charge is 2.20. The van der Waals surface area contributed by atoms with E-state index in [0.717, 1.165) is 43.9 Å². The molecular formula is C21H27N3O3. The molecule has 1 atom stereocenters. The average molecular weight is 369 g/mol. The maximum absolute atomic E-state index is 12.6. The Balaban J connectivity index is 1.35. The molecule has 2 heterocycles. The van der Waals surface area contributed by atoms with Gasteiger partial charge in [0.1, 0.15) is 18.2 Å². The second-order valence-corrected chi connectivity index (χ2v) is 7.38. The maximum Gasteiger partial charge on any atom is 0.256 e. The van der Waals surface area contributed by atoms with Crippen LogP contribution in [0.1, 0.15) is 61.3 Å². The summed E-state index contributed by atoms with van der Waals surface area (Å²) in [7, 11) is 0. The number of hydrogen-bond acceptors (Lipinski definition) is 4. The molecule has 2 fully saturated rings. The monoisotopic (exact) mass is 369 g/mol. The van der Waals surface area contributed by atoms with E-state index in [1.807, 2.05) is 22.9 Å². The zero-order valence-electron chi connectivity index (χ0n) is 15.6. The van der Waals surface area contributed by atoms with Crippen LogP contribution in [-0.2, 0) is 4.74 Å². The molecule has 1 aromatic heterocycles. The number of carbonyl (C=O) groups is 1. The molecule has 0 spiro atoms. The van der Waals surface area contributed by atoms with E-state index >= 15 is 0 Å². The Morgan fingerprint density at radius 1 is 1.11 bits per heavy atom. The normalized spacial score (nSPS) is 20.5. The topological polar surface area (TPSA) is 65.4 Å². The zero-order valence-corrected chi connectivity index (χ0v) is 15.6. The van der Waals surface area contributed by atoms with Gasteiger partial charge in [0, 0.05) is 18.2 Å². The molecule has 6 heteroatoms. The SMILES string of the molecule is O=C(Nc1ccnn1C1CCCCC1)c1ccc(OCC2CCCO2)cc1. The van der Waals surface area contributed by atoms with E-state index in [0.29, 0.717) is 18.2 Å². The fraction of sp³-hybridized carbons (Fsp3) is 0.524. The van der Waals surface area contributed by atoms with E-state index < -0.39 is 0 Å². The summed E-state index contributed by atoms with van der Waals surface area (Å²) in [5.41, 5.74) is 0.607. The van der Waals surface area contributed by atoms with Crippen LogP contribution in [0.15, 0.2) is 36.5 Å². The number of hydrogen-bond donors (Lipinski definition) is 1. The average Bonchev–Trinajstić information content (AvgIpc) is 3.39. The molecule has 1 N–H and O–H groups in total. The molecule has 1 saturated carbocycles. The number of nitrogens with one attached hydrogen (secondary N) is 1. The quantitative estimate of drug-likeness (QED) is 0.829. The third-order valence-electron chi connectivity index (χ3n) is 5.41. The molecule has 2 aliphatic rings. The van der Waals surface area contributed by atoms with Crippen LogP contribution in [0.5, 0.6) is 5.75 Å². The van der Waals surface area contributed by atoms with Crippen LogP contribution in [0.3, 0.4) is 0 Å². The minimum Gasteiger partial charge on any atom is -0.491 e. The Bertz CT molecular complexity index is 744. The second-order valence-electron chi connectivity index (χ2n) is 7.38. The van der Waals surface area contributed by atoms with E-state index in [4.69, 9.17) is 9.47 Å². The second kappa shape index (κ2) is 8.57. The minimum absolute atomic E-state index is 0.127. The molecule has 144 valence electrons. The molecule has 27 heavy (non-hydrogen) atoms. The predicted molar refractivity (Wildman–Crippen MR) is 103 cm³/mol. The Kier molecular flexibility index (Phi) is 5.72. The van der Waals surface area contributed by atoms with Crippen molar-refractivity contribution in [1.82, 2.24) is 9.78 Å². The summed E-state index contributed by atoms with van der Waals surface area (Å²) in [4.78, 5) is 12.6. The largest absolute Gasteiger partial charge is 0.491 e. The predicted octanol–water partition coefficient (Wildman–Crippen LogP) is 4.20. The van der Waals surface area contributed by atoms with Crippen molar-refractivity contribution in [3.63, 3.8) is 0 Å². The van der Waals surface area contributed by atoms with Crippen LogP contribution in [0.4, 0.5) is 5.82 Å². The Morgan fingerprint density at radius 2 is 1.93 bits per heavy atom. The highest BCUT2D eigenvalue weighted by atomic mass is 16.5. The van der Waals surface area contributed by atoms with E-state index in [9.17, 15) is 4.79 Å². The van der Waals surface area contributed by atoms with E-state index in [1.165, 1.54) is 19.3 Å². The summed E-state index contributed by atoms with van der Waals surface area (Å²) >= 11 is 0. The van der Waals surface area contributed by atoms with Crippen molar-refractivity contribution in [2.45, 2.75) is 57.1 Å². The highest BCUT2D eigenvalue weighted by Crippen LogP contribution is 2.30. The first-order valence-corrected chi connectivity index (χ1v) is 9.99. The van der Waals surface area contributed by atoms with Gasteiger partial charge in [0.05, 0.1) is 18.3 Å². The lowest BCUT2D eigenvalue weighted by Gasteiger charge is -2.23. The van der Waals surface area contributed by atoms with Crippen molar-refractivity contribution in [2.24, 2.45) is 0 Å². The first-order chi connectivity index (χ1) is 13.3.